The molecule has 4 heteroatoms. The predicted molar refractivity (Wildman–Crippen MR) is 53.2 cm³/mol. The second-order valence-corrected chi connectivity index (χ2v) is 3.67. The van der Waals surface area contributed by atoms with Crippen molar-refractivity contribution in [1.29, 1.82) is 0 Å². The summed E-state index contributed by atoms with van der Waals surface area (Å²) in [5, 5.41) is 0. The van der Waals surface area contributed by atoms with Gasteiger partial charge in [0.1, 0.15) is 16.9 Å². The van der Waals surface area contributed by atoms with Crippen LogP contribution in [0.15, 0.2) is 28.7 Å². The molecule has 2 nitrogen and oxygen atoms in total. The minimum atomic E-state index is -0.399. The quantitative estimate of drug-likeness (QED) is 0.722. The van der Waals surface area contributed by atoms with Crippen molar-refractivity contribution in [2.45, 2.75) is 0 Å². The van der Waals surface area contributed by atoms with E-state index in [0.717, 1.165) is 0 Å². The number of esters is 1. The average molecular weight is 257 g/mol. The topological polar surface area (TPSA) is 26.3 Å². The van der Waals surface area contributed by atoms with E-state index in [1.165, 1.54) is 12.1 Å². The van der Waals surface area contributed by atoms with Gasteiger partial charge in [0.2, 0.25) is 0 Å². The molecule has 0 aliphatic carbocycles. The number of carbonyl (C=O) groups is 1. The van der Waals surface area contributed by atoms with E-state index in [0.29, 0.717) is 15.6 Å². The molecule has 72 valence electrons. The Balaban J connectivity index is 2.46. The van der Waals surface area contributed by atoms with Gasteiger partial charge in [-0.3, -0.25) is 0 Å². The van der Waals surface area contributed by atoms with Gasteiger partial charge in [0.15, 0.2) is 0 Å². The fourth-order valence-electron chi connectivity index (χ4n) is 1.27. The lowest BCUT2D eigenvalue weighted by Crippen LogP contribution is -1.93. The van der Waals surface area contributed by atoms with Gasteiger partial charge in [-0.1, -0.05) is 12.1 Å². The maximum atomic E-state index is 12.9. The molecular formula is C10H6BrFO2. The molecule has 1 heterocycles. The van der Waals surface area contributed by atoms with E-state index >= 15 is 0 Å². The number of benzene rings is 1. The lowest BCUT2D eigenvalue weighted by molar-refractivity contribution is -0.135. The Morgan fingerprint density at radius 1 is 1.43 bits per heavy atom. The molecule has 0 atom stereocenters. The van der Waals surface area contributed by atoms with Crippen molar-refractivity contribution < 1.29 is 13.9 Å². The van der Waals surface area contributed by atoms with E-state index in [2.05, 4.69) is 15.9 Å². The van der Waals surface area contributed by atoms with Gasteiger partial charge in [-0.2, -0.15) is 0 Å². The zero-order chi connectivity index (χ0) is 10.1. The summed E-state index contributed by atoms with van der Waals surface area (Å²) in [6.45, 7) is 0.197. The van der Waals surface area contributed by atoms with E-state index in [4.69, 9.17) is 4.74 Å². The van der Waals surface area contributed by atoms with Crippen LogP contribution in [-0.4, -0.2) is 12.6 Å². The average Bonchev–Trinajstić information content (AvgIpc) is 2.48. The Bertz CT molecular complexity index is 426. The van der Waals surface area contributed by atoms with Crippen molar-refractivity contribution in [3.63, 3.8) is 0 Å². The summed E-state index contributed by atoms with van der Waals surface area (Å²) in [6.07, 6.45) is 0. The Morgan fingerprint density at radius 3 is 2.79 bits per heavy atom. The van der Waals surface area contributed by atoms with Crippen LogP contribution >= 0.6 is 15.9 Å². The first kappa shape index (κ1) is 9.40. The molecule has 0 aromatic heterocycles. The highest BCUT2D eigenvalue weighted by atomic mass is 79.9. The molecule has 0 bridgehead atoms. The van der Waals surface area contributed by atoms with Crippen molar-refractivity contribution in [2.75, 3.05) is 6.61 Å². The number of halogens is 2. The first-order chi connectivity index (χ1) is 6.68. The van der Waals surface area contributed by atoms with Crippen LogP contribution < -0.4 is 0 Å². The third kappa shape index (κ3) is 1.57. The Labute approximate surface area is 88.5 Å². The molecule has 0 spiro atoms. The lowest BCUT2D eigenvalue weighted by atomic mass is 10.1. The van der Waals surface area contributed by atoms with Gasteiger partial charge in [0, 0.05) is 5.57 Å². The summed E-state index contributed by atoms with van der Waals surface area (Å²) in [7, 11) is 0. The van der Waals surface area contributed by atoms with Crippen LogP contribution in [0.4, 0.5) is 4.39 Å². The van der Waals surface area contributed by atoms with Crippen molar-refractivity contribution >= 4 is 27.5 Å². The maximum Gasteiger partial charge on any atom is 0.346 e. The first-order valence-electron chi connectivity index (χ1n) is 4.00. The molecule has 0 saturated heterocycles. The molecular weight excluding hydrogens is 251 g/mol. The fraction of sp³-hybridized carbons (Fsp3) is 0.100. The van der Waals surface area contributed by atoms with Gasteiger partial charge >= 0.3 is 5.97 Å². The number of carbonyl (C=O) groups excluding carboxylic acids is 1. The Kier molecular flexibility index (Phi) is 2.37. The van der Waals surface area contributed by atoms with Crippen LogP contribution in [0.3, 0.4) is 0 Å². The largest absolute Gasteiger partial charge is 0.457 e. The summed E-state index contributed by atoms with van der Waals surface area (Å²) < 4.78 is 18.0. The van der Waals surface area contributed by atoms with Crippen LogP contribution in [0.2, 0.25) is 0 Å². The molecule has 1 aromatic rings. The second-order valence-electron chi connectivity index (χ2n) is 2.88. The van der Waals surface area contributed by atoms with Crippen LogP contribution in [-0.2, 0) is 9.53 Å². The first-order valence-corrected chi connectivity index (χ1v) is 4.79. The van der Waals surface area contributed by atoms with Gasteiger partial charge in [0.05, 0.1) is 0 Å². The fourth-order valence-corrected chi connectivity index (χ4v) is 1.73. The molecule has 0 saturated carbocycles. The highest BCUT2D eigenvalue weighted by Crippen LogP contribution is 2.29. The molecule has 1 aliphatic heterocycles. The molecule has 0 fully saturated rings. The van der Waals surface area contributed by atoms with Crippen molar-refractivity contribution in [3.05, 3.63) is 40.1 Å². The third-order valence-corrected chi connectivity index (χ3v) is 2.77. The van der Waals surface area contributed by atoms with E-state index in [9.17, 15) is 9.18 Å². The summed E-state index contributed by atoms with van der Waals surface area (Å²) in [5.74, 6) is -0.723. The molecule has 1 aromatic carbocycles. The molecule has 14 heavy (non-hydrogen) atoms. The second kappa shape index (κ2) is 3.53. The van der Waals surface area contributed by atoms with E-state index in [1.54, 1.807) is 12.1 Å². The Morgan fingerprint density at radius 2 is 2.21 bits per heavy atom. The summed E-state index contributed by atoms with van der Waals surface area (Å²) in [6, 6.07) is 6.07. The molecule has 0 N–H and O–H groups in total. The summed E-state index contributed by atoms with van der Waals surface area (Å²) >= 11 is 3.11. The van der Waals surface area contributed by atoms with Crippen LogP contribution in [0, 0.1) is 5.82 Å². The molecule has 1 aliphatic rings. The molecule has 0 unspecified atom stereocenters. The summed E-state index contributed by atoms with van der Waals surface area (Å²) in [5.41, 5.74) is 1.36. The van der Waals surface area contributed by atoms with Gasteiger partial charge in [0.25, 0.3) is 0 Å². The van der Waals surface area contributed by atoms with Gasteiger partial charge in [-0.15, -0.1) is 0 Å². The van der Waals surface area contributed by atoms with E-state index in [1.807, 2.05) is 0 Å². The normalized spacial score (nSPS) is 16.0. The monoisotopic (exact) mass is 256 g/mol. The lowest BCUT2D eigenvalue weighted by Gasteiger charge is -2.00. The van der Waals surface area contributed by atoms with Crippen LogP contribution in [0.1, 0.15) is 5.56 Å². The van der Waals surface area contributed by atoms with Crippen LogP contribution in [0.5, 0.6) is 0 Å². The van der Waals surface area contributed by atoms with Crippen molar-refractivity contribution in [3.8, 4) is 0 Å². The zero-order valence-corrected chi connectivity index (χ0v) is 8.67. The highest BCUT2D eigenvalue weighted by molar-refractivity contribution is 9.12. The number of cyclic esters (lactones) is 1. The van der Waals surface area contributed by atoms with E-state index in [-0.39, 0.29) is 12.4 Å². The van der Waals surface area contributed by atoms with Gasteiger partial charge in [-0.25, -0.2) is 9.18 Å². The number of hydrogen-bond acceptors (Lipinski definition) is 2. The smallest absolute Gasteiger partial charge is 0.346 e. The van der Waals surface area contributed by atoms with Gasteiger partial charge in [-0.05, 0) is 33.6 Å². The Hall–Kier alpha value is -1.16. The maximum absolute atomic E-state index is 12.9. The van der Waals surface area contributed by atoms with Crippen molar-refractivity contribution in [1.82, 2.24) is 0 Å². The number of rotatable bonds is 1. The third-order valence-electron chi connectivity index (χ3n) is 1.96. The minimum Gasteiger partial charge on any atom is -0.457 e. The number of ether oxygens (including phenoxy) is 1. The highest BCUT2D eigenvalue weighted by Gasteiger charge is 2.23. The predicted octanol–water partition coefficient (Wildman–Crippen LogP) is 2.49. The number of hydrogen-bond donors (Lipinski definition) is 0. The zero-order valence-electron chi connectivity index (χ0n) is 7.09. The van der Waals surface area contributed by atoms with Crippen molar-refractivity contribution in [2.24, 2.45) is 0 Å². The standard InChI is InChI=1S/C10H6BrFO2/c11-9-8(5-14-10(9)13)6-2-1-3-7(12)4-6/h1-4H,5H2. The minimum absolute atomic E-state index is 0.197. The van der Waals surface area contributed by atoms with E-state index < -0.39 is 5.97 Å². The van der Waals surface area contributed by atoms with Gasteiger partial charge < -0.3 is 4.74 Å². The molecule has 0 radical (unpaired) electrons. The summed E-state index contributed by atoms with van der Waals surface area (Å²) in [4.78, 5) is 11.0. The molecule has 2 rings (SSSR count). The SMILES string of the molecule is O=C1OCC(c2cccc(F)c2)=C1Br. The van der Waals surface area contributed by atoms with Crippen LogP contribution in [0.25, 0.3) is 5.57 Å². The molecule has 0 amide bonds.